The highest BCUT2D eigenvalue weighted by molar-refractivity contribution is 5.88. The molecule has 1 heterocycles. The SMILES string of the molecule is CC(C)[C@H]1/C=C/C(=O)NCCO/C=C/[C@H](N)C(=O)N1. The van der Waals surface area contributed by atoms with E-state index in [4.69, 9.17) is 10.5 Å². The Morgan fingerprint density at radius 1 is 1.37 bits per heavy atom. The van der Waals surface area contributed by atoms with E-state index in [1.807, 2.05) is 13.8 Å². The Labute approximate surface area is 113 Å². The molecular weight excluding hydrogens is 246 g/mol. The van der Waals surface area contributed by atoms with Crippen LogP contribution in [0.1, 0.15) is 13.8 Å². The lowest BCUT2D eigenvalue weighted by Crippen LogP contribution is -2.45. The number of amides is 2. The van der Waals surface area contributed by atoms with Crippen molar-refractivity contribution in [3.8, 4) is 0 Å². The van der Waals surface area contributed by atoms with Gasteiger partial charge in [-0.25, -0.2) is 0 Å². The maximum Gasteiger partial charge on any atom is 0.243 e. The molecule has 6 nitrogen and oxygen atoms in total. The van der Waals surface area contributed by atoms with Crippen LogP contribution in [-0.2, 0) is 14.3 Å². The summed E-state index contributed by atoms with van der Waals surface area (Å²) in [4.78, 5) is 23.3. The molecule has 0 aromatic heterocycles. The van der Waals surface area contributed by atoms with E-state index in [1.54, 1.807) is 6.08 Å². The van der Waals surface area contributed by atoms with Crippen molar-refractivity contribution in [3.05, 3.63) is 24.5 Å². The lowest BCUT2D eigenvalue weighted by atomic mass is 10.0. The number of nitrogens with one attached hydrogen (secondary N) is 2. The summed E-state index contributed by atoms with van der Waals surface area (Å²) < 4.78 is 5.11. The van der Waals surface area contributed by atoms with Crippen LogP contribution in [0.15, 0.2) is 24.5 Å². The first kappa shape index (κ1) is 15.2. The van der Waals surface area contributed by atoms with Gasteiger partial charge in [-0.15, -0.1) is 0 Å². The van der Waals surface area contributed by atoms with Crippen molar-refractivity contribution in [2.75, 3.05) is 13.2 Å². The maximum atomic E-state index is 11.8. The van der Waals surface area contributed by atoms with Crippen LogP contribution in [0.2, 0.25) is 0 Å². The van der Waals surface area contributed by atoms with E-state index in [-0.39, 0.29) is 23.8 Å². The van der Waals surface area contributed by atoms with Gasteiger partial charge in [0.15, 0.2) is 0 Å². The summed E-state index contributed by atoms with van der Waals surface area (Å²) in [6.07, 6.45) is 5.96. The van der Waals surface area contributed by atoms with Gasteiger partial charge in [0.1, 0.15) is 12.6 Å². The van der Waals surface area contributed by atoms with E-state index >= 15 is 0 Å². The van der Waals surface area contributed by atoms with E-state index in [9.17, 15) is 9.59 Å². The van der Waals surface area contributed by atoms with Crippen molar-refractivity contribution < 1.29 is 14.3 Å². The average Bonchev–Trinajstić information content (AvgIpc) is 2.37. The molecule has 0 saturated carbocycles. The quantitative estimate of drug-likeness (QED) is 0.606. The zero-order chi connectivity index (χ0) is 14.3. The van der Waals surface area contributed by atoms with Crippen LogP contribution in [-0.4, -0.2) is 37.0 Å². The molecule has 6 heteroatoms. The summed E-state index contributed by atoms with van der Waals surface area (Å²) >= 11 is 0. The lowest BCUT2D eigenvalue weighted by molar-refractivity contribution is -0.122. The van der Waals surface area contributed by atoms with Crippen LogP contribution in [0.3, 0.4) is 0 Å². The Balaban J connectivity index is 2.82. The van der Waals surface area contributed by atoms with Crippen molar-refractivity contribution in [2.45, 2.75) is 25.9 Å². The Bertz CT molecular complexity index is 377. The molecule has 2 amide bonds. The zero-order valence-corrected chi connectivity index (χ0v) is 11.3. The number of carbonyl (C=O) groups is 2. The smallest absolute Gasteiger partial charge is 0.243 e. The van der Waals surface area contributed by atoms with E-state index in [0.29, 0.717) is 13.2 Å². The van der Waals surface area contributed by atoms with Crippen LogP contribution < -0.4 is 16.4 Å². The summed E-state index contributed by atoms with van der Waals surface area (Å²) in [6.45, 7) is 4.64. The van der Waals surface area contributed by atoms with Gasteiger partial charge in [-0.05, 0) is 12.0 Å². The molecule has 0 radical (unpaired) electrons. The number of carbonyl (C=O) groups excluding carboxylic acids is 2. The molecule has 0 aromatic rings. The van der Waals surface area contributed by atoms with Crippen molar-refractivity contribution in [3.63, 3.8) is 0 Å². The normalized spacial score (nSPS) is 29.1. The molecule has 1 aliphatic rings. The third-order valence-electron chi connectivity index (χ3n) is 2.69. The molecule has 0 saturated heterocycles. The second-order valence-corrected chi connectivity index (χ2v) is 4.65. The van der Waals surface area contributed by atoms with Crippen molar-refractivity contribution in [2.24, 2.45) is 11.7 Å². The fourth-order valence-electron chi connectivity index (χ4n) is 1.48. The van der Waals surface area contributed by atoms with E-state index in [0.717, 1.165) is 0 Å². The Hall–Kier alpha value is -1.82. The standard InChI is InChI=1S/C13H21N3O3/c1-9(2)11-3-4-12(17)15-6-8-19-7-5-10(14)13(18)16-11/h3-5,7,9-11H,6,8,14H2,1-2H3,(H,15,17)(H,16,18)/b4-3+,7-5+/t10-,11+/m0/s1. The van der Waals surface area contributed by atoms with Gasteiger partial charge in [-0.1, -0.05) is 19.9 Å². The maximum absolute atomic E-state index is 11.8. The molecule has 2 atom stereocenters. The first-order valence-corrected chi connectivity index (χ1v) is 6.31. The minimum absolute atomic E-state index is 0.158. The zero-order valence-electron chi connectivity index (χ0n) is 11.3. The van der Waals surface area contributed by atoms with Crippen LogP contribution in [0.25, 0.3) is 0 Å². The fraction of sp³-hybridized carbons (Fsp3) is 0.538. The molecule has 1 aliphatic heterocycles. The average molecular weight is 267 g/mol. The van der Waals surface area contributed by atoms with E-state index in [2.05, 4.69) is 10.6 Å². The van der Waals surface area contributed by atoms with Crippen LogP contribution >= 0.6 is 0 Å². The molecule has 19 heavy (non-hydrogen) atoms. The first-order chi connectivity index (χ1) is 9.00. The van der Waals surface area contributed by atoms with E-state index in [1.165, 1.54) is 18.4 Å². The molecule has 0 unspecified atom stereocenters. The summed E-state index contributed by atoms with van der Waals surface area (Å²) in [5.41, 5.74) is 5.70. The highest BCUT2D eigenvalue weighted by Gasteiger charge is 2.17. The van der Waals surface area contributed by atoms with Gasteiger partial charge >= 0.3 is 0 Å². The summed E-state index contributed by atoms with van der Waals surface area (Å²) in [5.74, 6) is -0.357. The molecule has 0 fully saturated rings. The minimum atomic E-state index is -0.765. The summed E-state index contributed by atoms with van der Waals surface area (Å²) in [5, 5.41) is 5.46. The lowest BCUT2D eigenvalue weighted by Gasteiger charge is -2.20. The summed E-state index contributed by atoms with van der Waals surface area (Å²) in [7, 11) is 0. The minimum Gasteiger partial charge on any atom is -0.500 e. The third-order valence-corrected chi connectivity index (χ3v) is 2.69. The van der Waals surface area contributed by atoms with Crippen molar-refractivity contribution in [1.82, 2.24) is 10.6 Å². The van der Waals surface area contributed by atoms with Gasteiger partial charge in [-0.3, -0.25) is 9.59 Å². The Morgan fingerprint density at radius 3 is 2.79 bits per heavy atom. The highest BCUT2D eigenvalue weighted by Crippen LogP contribution is 2.04. The van der Waals surface area contributed by atoms with Crippen LogP contribution in [0.4, 0.5) is 0 Å². The van der Waals surface area contributed by atoms with Gasteiger partial charge in [0.2, 0.25) is 11.8 Å². The molecule has 106 valence electrons. The predicted octanol–water partition coefficient (Wildman–Crippen LogP) is -0.329. The summed E-state index contributed by atoms with van der Waals surface area (Å²) in [6, 6.07) is -1.00. The largest absolute Gasteiger partial charge is 0.500 e. The number of hydrogen-bond donors (Lipinski definition) is 3. The number of hydrogen-bond acceptors (Lipinski definition) is 4. The topological polar surface area (TPSA) is 93.4 Å². The van der Waals surface area contributed by atoms with Gasteiger partial charge in [0.25, 0.3) is 0 Å². The van der Waals surface area contributed by atoms with Gasteiger partial charge in [-0.2, -0.15) is 0 Å². The van der Waals surface area contributed by atoms with Gasteiger partial charge in [0.05, 0.1) is 12.8 Å². The molecule has 1 rings (SSSR count). The molecular formula is C13H21N3O3. The highest BCUT2D eigenvalue weighted by atomic mass is 16.5. The second kappa shape index (κ2) is 7.58. The molecule has 0 bridgehead atoms. The Morgan fingerprint density at radius 2 is 2.11 bits per heavy atom. The van der Waals surface area contributed by atoms with Crippen molar-refractivity contribution in [1.29, 1.82) is 0 Å². The fourth-order valence-corrected chi connectivity index (χ4v) is 1.48. The van der Waals surface area contributed by atoms with E-state index < -0.39 is 6.04 Å². The third kappa shape index (κ3) is 5.56. The molecule has 0 aliphatic carbocycles. The number of rotatable bonds is 1. The van der Waals surface area contributed by atoms with Gasteiger partial charge < -0.3 is 21.1 Å². The van der Waals surface area contributed by atoms with Crippen molar-refractivity contribution >= 4 is 11.8 Å². The van der Waals surface area contributed by atoms with Crippen LogP contribution in [0, 0.1) is 5.92 Å². The Kier molecular flexibility index (Phi) is 6.08. The number of nitrogens with two attached hydrogens (primary N) is 1. The first-order valence-electron chi connectivity index (χ1n) is 6.31. The molecule has 0 aromatic carbocycles. The molecule has 0 spiro atoms. The van der Waals surface area contributed by atoms with Gasteiger partial charge in [0, 0.05) is 12.1 Å². The van der Waals surface area contributed by atoms with Crippen LogP contribution in [0.5, 0.6) is 0 Å². The predicted molar refractivity (Wildman–Crippen MR) is 72.0 cm³/mol. The molecule has 4 N–H and O–H groups in total. The second-order valence-electron chi connectivity index (χ2n) is 4.65. The monoisotopic (exact) mass is 267 g/mol. The number of ether oxygens (including phenoxy) is 1.